The smallest absolute Gasteiger partial charge is 0.262 e. The highest BCUT2D eigenvalue weighted by Gasteiger charge is 2.15. The normalized spacial score (nSPS) is 11.0. The number of rotatable bonds is 8. The first-order valence-electron chi connectivity index (χ1n) is 8.77. The standard InChI is InChI=1S/C19H23ClN4O2S/c1-13(2)7-10-24-18(26)15-6-5-14(20)11-16(15)22-19(24)27-12-17(25)23(3)9-4-8-21/h5-6,11,13H,4,7,9-10,12H2,1-3H3. The average Bonchev–Trinajstić information content (AvgIpc) is 2.62. The molecule has 144 valence electrons. The van der Waals surface area contributed by atoms with Gasteiger partial charge in [-0.15, -0.1) is 0 Å². The highest BCUT2D eigenvalue weighted by atomic mass is 35.5. The van der Waals surface area contributed by atoms with E-state index in [1.165, 1.54) is 16.7 Å². The zero-order valence-electron chi connectivity index (χ0n) is 15.7. The van der Waals surface area contributed by atoms with Gasteiger partial charge in [-0.05, 0) is 30.5 Å². The van der Waals surface area contributed by atoms with Gasteiger partial charge in [0.25, 0.3) is 5.56 Å². The summed E-state index contributed by atoms with van der Waals surface area (Å²) in [5, 5.41) is 10.2. The van der Waals surface area contributed by atoms with Crippen LogP contribution in [0.2, 0.25) is 5.02 Å². The predicted octanol–water partition coefficient (Wildman–Crippen LogP) is 3.56. The zero-order chi connectivity index (χ0) is 20.0. The summed E-state index contributed by atoms with van der Waals surface area (Å²) < 4.78 is 1.64. The van der Waals surface area contributed by atoms with Crippen LogP contribution in [0.3, 0.4) is 0 Å². The Morgan fingerprint density at radius 1 is 1.44 bits per heavy atom. The number of nitrogens with zero attached hydrogens (tertiary/aromatic N) is 4. The molecule has 0 fully saturated rings. The van der Waals surface area contributed by atoms with Gasteiger partial charge in [-0.1, -0.05) is 37.2 Å². The number of carbonyl (C=O) groups is 1. The fraction of sp³-hybridized carbons (Fsp3) is 0.474. The van der Waals surface area contributed by atoms with Gasteiger partial charge >= 0.3 is 0 Å². The molecule has 0 atom stereocenters. The van der Waals surface area contributed by atoms with E-state index in [-0.39, 0.29) is 17.2 Å². The van der Waals surface area contributed by atoms with E-state index in [0.717, 1.165) is 6.42 Å². The average molecular weight is 407 g/mol. The van der Waals surface area contributed by atoms with Crippen LogP contribution in [0.4, 0.5) is 0 Å². The van der Waals surface area contributed by atoms with Crippen molar-refractivity contribution in [2.24, 2.45) is 5.92 Å². The van der Waals surface area contributed by atoms with E-state index in [0.29, 0.717) is 46.5 Å². The molecule has 0 unspecified atom stereocenters. The van der Waals surface area contributed by atoms with E-state index < -0.39 is 0 Å². The van der Waals surface area contributed by atoms with E-state index in [2.05, 4.69) is 18.8 Å². The largest absolute Gasteiger partial charge is 0.344 e. The molecule has 1 amide bonds. The summed E-state index contributed by atoms with van der Waals surface area (Å²) >= 11 is 7.28. The van der Waals surface area contributed by atoms with Gasteiger partial charge in [0, 0.05) is 25.2 Å². The van der Waals surface area contributed by atoms with Crippen LogP contribution in [-0.2, 0) is 11.3 Å². The monoisotopic (exact) mass is 406 g/mol. The molecule has 0 aliphatic heterocycles. The molecule has 2 aromatic rings. The van der Waals surface area contributed by atoms with E-state index in [4.69, 9.17) is 16.9 Å². The molecule has 0 radical (unpaired) electrons. The third kappa shape index (κ3) is 5.72. The lowest BCUT2D eigenvalue weighted by Gasteiger charge is -2.17. The highest BCUT2D eigenvalue weighted by molar-refractivity contribution is 7.99. The summed E-state index contributed by atoms with van der Waals surface area (Å²) in [6.07, 6.45) is 1.13. The Hall–Kier alpha value is -2.04. The second-order valence-electron chi connectivity index (χ2n) is 6.71. The molecule has 0 aliphatic rings. The van der Waals surface area contributed by atoms with Gasteiger partial charge in [0.15, 0.2) is 5.16 Å². The number of aromatic nitrogens is 2. The van der Waals surface area contributed by atoms with E-state index >= 15 is 0 Å². The molecule has 0 bridgehead atoms. The van der Waals surface area contributed by atoms with Crippen LogP contribution < -0.4 is 5.56 Å². The maximum atomic E-state index is 12.9. The van der Waals surface area contributed by atoms with Gasteiger partial charge in [-0.3, -0.25) is 14.2 Å². The first-order chi connectivity index (χ1) is 12.8. The van der Waals surface area contributed by atoms with Gasteiger partial charge in [-0.25, -0.2) is 4.98 Å². The van der Waals surface area contributed by atoms with Crippen molar-refractivity contribution in [2.45, 2.75) is 38.4 Å². The number of carbonyl (C=O) groups excluding carboxylic acids is 1. The number of halogens is 1. The lowest BCUT2D eigenvalue weighted by Crippen LogP contribution is -2.30. The van der Waals surface area contributed by atoms with Gasteiger partial charge in [0.05, 0.1) is 29.1 Å². The zero-order valence-corrected chi connectivity index (χ0v) is 17.3. The van der Waals surface area contributed by atoms with Gasteiger partial charge < -0.3 is 4.90 Å². The van der Waals surface area contributed by atoms with Crippen molar-refractivity contribution < 1.29 is 4.79 Å². The van der Waals surface area contributed by atoms with E-state index in [1.54, 1.807) is 29.8 Å². The molecular formula is C19H23ClN4O2S. The fourth-order valence-electron chi connectivity index (χ4n) is 2.45. The van der Waals surface area contributed by atoms with Crippen LogP contribution in [0.5, 0.6) is 0 Å². The Kier molecular flexibility index (Phi) is 7.69. The molecule has 1 aromatic carbocycles. The summed E-state index contributed by atoms with van der Waals surface area (Å²) in [6.45, 7) is 5.12. The number of fused-ring (bicyclic) bond motifs is 1. The molecule has 0 saturated carbocycles. The lowest BCUT2D eigenvalue weighted by atomic mass is 10.1. The van der Waals surface area contributed by atoms with E-state index in [9.17, 15) is 9.59 Å². The summed E-state index contributed by atoms with van der Waals surface area (Å²) in [4.78, 5) is 31.3. The summed E-state index contributed by atoms with van der Waals surface area (Å²) in [5.41, 5.74) is 0.409. The van der Waals surface area contributed by atoms with Crippen molar-refractivity contribution >= 4 is 40.2 Å². The first kappa shape index (κ1) is 21.3. The Morgan fingerprint density at radius 3 is 2.85 bits per heavy atom. The van der Waals surface area contributed by atoms with E-state index in [1.807, 2.05) is 6.07 Å². The second kappa shape index (κ2) is 9.77. The van der Waals surface area contributed by atoms with Crippen LogP contribution in [0.25, 0.3) is 10.9 Å². The Morgan fingerprint density at radius 2 is 2.19 bits per heavy atom. The number of amides is 1. The molecule has 0 spiro atoms. The number of hydrogen-bond acceptors (Lipinski definition) is 5. The molecule has 0 aliphatic carbocycles. The third-order valence-electron chi connectivity index (χ3n) is 4.12. The Bertz CT molecular complexity index is 920. The lowest BCUT2D eigenvalue weighted by molar-refractivity contribution is -0.127. The van der Waals surface area contributed by atoms with Gasteiger partial charge in [0.2, 0.25) is 5.91 Å². The molecule has 0 N–H and O–H groups in total. The maximum absolute atomic E-state index is 12.9. The summed E-state index contributed by atoms with van der Waals surface area (Å²) in [5.74, 6) is 0.489. The summed E-state index contributed by atoms with van der Waals surface area (Å²) in [6, 6.07) is 7.06. The molecular weight excluding hydrogens is 384 g/mol. The molecule has 1 heterocycles. The van der Waals surface area contributed by atoms with Crippen molar-refractivity contribution in [1.29, 1.82) is 5.26 Å². The fourth-order valence-corrected chi connectivity index (χ4v) is 3.58. The maximum Gasteiger partial charge on any atom is 0.262 e. The Balaban J connectivity index is 2.32. The van der Waals surface area contributed by atoms with Crippen molar-refractivity contribution in [3.63, 3.8) is 0 Å². The third-order valence-corrected chi connectivity index (χ3v) is 5.32. The van der Waals surface area contributed by atoms with Crippen LogP contribution >= 0.6 is 23.4 Å². The minimum Gasteiger partial charge on any atom is -0.344 e. The van der Waals surface area contributed by atoms with Crippen LogP contribution in [0, 0.1) is 17.2 Å². The van der Waals surface area contributed by atoms with Crippen molar-refractivity contribution in [1.82, 2.24) is 14.5 Å². The number of benzene rings is 1. The van der Waals surface area contributed by atoms with Gasteiger partial charge in [-0.2, -0.15) is 5.26 Å². The number of thioether (sulfide) groups is 1. The SMILES string of the molecule is CC(C)CCn1c(SCC(=O)N(C)CCC#N)nc2cc(Cl)ccc2c1=O. The number of hydrogen-bond donors (Lipinski definition) is 0. The van der Waals surface area contributed by atoms with Crippen molar-refractivity contribution in [3.8, 4) is 6.07 Å². The van der Waals surface area contributed by atoms with Gasteiger partial charge in [0.1, 0.15) is 0 Å². The molecule has 27 heavy (non-hydrogen) atoms. The molecule has 6 nitrogen and oxygen atoms in total. The first-order valence-corrected chi connectivity index (χ1v) is 10.1. The van der Waals surface area contributed by atoms with Crippen molar-refractivity contribution in [3.05, 3.63) is 33.6 Å². The minimum atomic E-state index is -0.120. The van der Waals surface area contributed by atoms with Crippen LogP contribution in [0.1, 0.15) is 26.7 Å². The van der Waals surface area contributed by atoms with Crippen LogP contribution in [0.15, 0.2) is 28.2 Å². The quantitative estimate of drug-likeness (QED) is 0.494. The second-order valence-corrected chi connectivity index (χ2v) is 8.09. The summed E-state index contributed by atoms with van der Waals surface area (Å²) in [7, 11) is 1.67. The Labute approximate surface area is 168 Å². The minimum absolute atomic E-state index is 0.105. The van der Waals surface area contributed by atoms with Crippen LogP contribution in [-0.4, -0.2) is 39.7 Å². The molecule has 8 heteroatoms. The van der Waals surface area contributed by atoms with Crippen molar-refractivity contribution in [2.75, 3.05) is 19.3 Å². The molecule has 1 aromatic heterocycles. The molecule has 2 rings (SSSR count). The number of nitriles is 1. The predicted molar refractivity (Wildman–Crippen MR) is 109 cm³/mol. The molecule has 0 saturated heterocycles. The highest BCUT2D eigenvalue weighted by Crippen LogP contribution is 2.21. The topological polar surface area (TPSA) is 79.0 Å².